The van der Waals surface area contributed by atoms with E-state index in [1.54, 1.807) is 11.3 Å². The summed E-state index contributed by atoms with van der Waals surface area (Å²) in [5.41, 5.74) is 1.07. The van der Waals surface area contributed by atoms with Crippen LogP contribution >= 0.6 is 11.3 Å². The Bertz CT molecular complexity index is 496. The second-order valence-electron chi connectivity index (χ2n) is 3.61. The fourth-order valence-corrected chi connectivity index (χ4v) is 2.76. The van der Waals surface area contributed by atoms with Crippen molar-refractivity contribution in [3.8, 4) is 0 Å². The molecule has 76 valence electrons. The Hall–Kier alpha value is -1.42. The number of amidine groups is 1. The lowest BCUT2D eigenvalue weighted by atomic mass is 10.3. The van der Waals surface area contributed by atoms with Crippen LogP contribution in [0.5, 0.6) is 0 Å². The molecule has 0 N–H and O–H groups in total. The molecule has 4 heteroatoms. The van der Waals surface area contributed by atoms with Crippen LogP contribution in [-0.2, 0) is 0 Å². The van der Waals surface area contributed by atoms with E-state index in [2.05, 4.69) is 28.0 Å². The van der Waals surface area contributed by atoms with Crippen molar-refractivity contribution in [2.24, 2.45) is 4.99 Å². The second-order valence-corrected chi connectivity index (χ2v) is 4.64. The maximum atomic E-state index is 4.59. The van der Waals surface area contributed by atoms with Crippen molar-refractivity contribution >= 4 is 27.4 Å². The lowest BCUT2D eigenvalue weighted by molar-refractivity contribution is 0.556. The summed E-state index contributed by atoms with van der Waals surface area (Å²) in [6.45, 7) is 1.90. The lowest BCUT2D eigenvalue weighted by Gasteiger charge is -2.10. The van der Waals surface area contributed by atoms with Crippen LogP contribution in [0, 0.1) is 0 Å². The fraction of sp³-hybridized carbons (Fsp3) is 0.273. The van der Waals surface area contributed by atoms with Crippen molar-refractivity contribution in [1.29, 1.82) is 0 Å². The third kappa shape index (κ3) is 1.41. The maximum absolute atomic E-state index is 4.59. The Kier molecular flexibility index (Phi) is 1.95. The van der Waals surface area contributed by atoms with Gasteiger partial charge in [0.25, 0.3) is 0 Å². The zero-order chi connectivity index (χ0) is 10.3. The van der Waals surface area contributed by atoms with E-state index in [4.69, 9.17) is 0 Å². The van der Waals surface area contributed by atoms with Gasteiger partial charge >= 0.3 is 0 Å². The van der Waals surface area contributed by atoms with E-state index in [0.717, 1.165) is 29.4 Å². The van der Waals surface area contributed by atoms with Crippen molar-refractivity contribution < 1.29 is 0 Å². The Morgan fingerprint density at radius 1 is 1.33 bits per heavy atom. The van der Waals surface area contributed by atoms with Crippen LogP contribution in [0.1, 0.15) is 5.01 Å². The maximum Gasteiger partial charge on any atom is 0.160 e. The van der Waals surface area contributed by atoms with Gasteiger partial charge < -0.3 is 4.90 Å². The van der Waals surface area contributed by atoms with Gasteiger partial charge in [-0.2, -0.15) is 0 Å². The highest BCUT2D eigenvalue weighted by Crippen LogP contribution is 2.23. The number of aromatic nitrogens is 1. The first-order chi connectivity index (χ1) is 7.34. The third-order valence-corrected chi connectivity index (χ3v) is 3.58. The van der Waals surface area contributed by atoms with Crippen LogP contribution in [0.2, 0.25) is 0 Å². The average Bonchev–Trinajstić information content (AvgIpc) is 2.82. The smallest absolute Gasteiger partial charge is 0.160 e. The summed E-state index contributed by atoms with van der Waals surface area (Å²) < 4.78 is 1.23. The summed E-state index contributed by atoms with van der Waals surface area (Å²) in [5, 5.41) is 1.04. The molecule has 0 saturated carbocycles. The van der Waals surface area contributed by atoms with Gasteiger partial charge in [0, 0.05) is 13.6 Å². The van der Waals surface area contributed by atoms with Crippen LogP contribution in [-0.4, -0.2) is 35.9 Å². The minimum absolute atomic E-state index is 0.891. The number of nitrogens with zero attached hydrogens (tertiary/aromatic N) is 3. The molecule has 0 amide bonds. The zero-order valence-electron chi connectivity index (χ0n) is 8.47. The van der Waals surface area contributed by atoms with Gasteiger partial charge in [-0.25, -0.2) is 4.98 Å². The molecular formula is C11H11N3S. The summed E-state index contributed by atoms with van der Waals surface area (Å²) in [5.74, 6) is 1.04. The first-order valence-electron chi connectivity index (χ1n) is 4.96. The van der Waals surface area contributed by atoms with Gasteiger partial charge in [0.05, 0.1) is 16.8 Å². The van der Waals surface area contributed by atoms with Crippen LogP contribution in [0.25, 0.3) is 10.2 Å². The normalized spacial score (nSPS) is 16.1. The highest BCUT2D eigenvalue weighted by molar-refractivity contribution is 7.20. The van der Waals surface area contributed by atoms with E-state index >= 15 is 0 Å². The molecule has 3 rings (SSSR count). The van der Waals surface area contributed by atoms with Gasteiger partial charge in [-0.15, -0.1) is 11.3 Å². The second kappa shape index (κ2) is 3.31. The number of rotatable bonds is 1. The van der Waals surface area contributed by atoms with E-state index in [9.17, 15) is 0 Å². The predicted molar refractivity (Wildman–Crippen MR) is 63.7 cm³/mol. The molecule has 0 atom stereocenters. The van der Waals surface area contributed by atoms with Crippen molar-refractivity contribution in [3.63, 3.8) is 0 Å². The Labute approximate surface area is 92.1 Å². The molecule has 2 heterocycles. The van der Waals surface area contributed by atoms with Gasteiger partial charge in [-0.1, -0.05) is 12.1 Å². The molecule has 1 aliphatic heterocycles. The SMILES string of the molecule is CN1CCN=C1c1nc2ccccc2s1. The largest absolute Gasteiger partial charge is 0.356 e. The molecule has 1 aromatic carbocycles. The topological polar surface area (TPSA) is 28.5 Å². The highest BCUT2D eigenvalue weighted by Gasteiger charge is 2.17. The number of thiazole rings is 1. The number of hydrogen-bond donors (Lipinski definition) is 0. The van der Waals surface area contributed by atoms with Crippen LogP contribution in [0.3, 0.4) is 0 Å². The van der Waals surface area contributed by atoms with Crippen LogP contribution in [0.15, 0.2) is 29.3 Å². The Balaban J connectivity index is 2.12. The molecule has 0 radical (unpaired) electrons. The molecular weight excluding hydrogens is 206 g/mol. The van der Waals surface area contributed by atoms with E-state index in [1.165, 1.54) is 4.70 Å². The summed E-state index contributed by atoms with van der Waals surface area (Å²) in [4.78, 5) is 11.2. The quantitative estimate of drug-likeness (QED) is 0.731. The lowest BCUT2D eigenvalue weighted by Crippen LogP contribution is -2.23. The first-order valence-corrected chi connectivity index (χ1v) is 5.78. The van der Waals surface area contributed by atoms with Gasteiger partial charge in [0.15, 0.2) is 10.8 Å². The molecule has 0 fully saturated rings. The fourth-order valence-electron chi connectivity index (χ4n) is 1.73. The Morgan fingerprint density at radius 2 is 2.20 bits per heavy atom. The van der Waals surface area contributed by atoms with Gasteiger partial charge in [-0.05, 0) is 12.1 Å². The number of likely N-dealkylation sites (N-methyl/N-ethyl adjacent to an activating group) is 1. The number of hydrogen-bond acceptors (Lipinski definition) is 4. The van der Waals surface area contributed by atoms with Crippen molar-refractivity contribution in [2.45, 2.75) is 0 Å². The number of para-hydroxylation sites is 1. The van der Waals surface area contributed by atoms with E-state index in [1.807, 2.05) is 18.2 Å². The highest BCUT2D eigenvalue weighted by atomic mass is 32.1. The zero-order valence-corrected chi connectivity index (χ0v) is 9.29. The number of fused-ring (bicyclic) bond motifs is 1. The first kappa shape index (κ1) is 8.85. The Morgan fingerprint density at radius 3 is 2.93 bits per heavy atom. The predicted octanol–water partition coefficient (Wildman–Crippen LogP) is 1.99. The molecule has 3 nitrogen and oxygen atoms in total. The minimum Gasteiger partial charge on any atom is -0.356 e. The summed E-state index contributed by atoms with van der Waals surface area (Å²) in [6, 6.07) is 8.22. The molecule has 1 aromatic heterocycles. The summed E-state index contributed by atoms with van der Waals surface area (Å²) in [7, 11) is 2.07. The van der Waals surface area contributed by atoms with E-state index in [0.29, 0.717) is 0 Å². The summed E-state index contributed by atoms with van der Waals surface area (Å²) >= 11 is 1.71. The molecule has 0 aliphatic carbocycles. The van der Waals surface area contributed by atoms with Crippen molar-refractivity contribution in [3.05, 3.63) is 29.3 Å². The molecule has 0 bridgehead atoms. The van der Waals surface area contributed by atoms with Crippen molar-refractivity contribution in [1.82, 2.24) is 9.88 Å². The van der Waals surface area contributed by atoms with Crippen molar-refractivity contribution in [2.75, 3.05) is 20.1 Å². The molecule has 0 saturated heterocycles. The monoisotopic (exact) mass is 217 g/mol. The van der Waals surface area contributed by atoms with Crippen LogP contribution < -0.4 is 0 Å². The molecule has 2 aromatic rings. The van der Waals surface area contributed by atoms with Crippen LogP contribution in [0.4, 0.5) is 0 Å². The van der Waals surface area contributed by atoms with Gasteiger partial charge in [-0.3, -0.25) is 4.99 Å². The molecule has 0 spiro atoms. The third-order valence-electron chi connectivity index (χ3n) is 2.54. The van der Waals surface area contributed by atoms with Gasteiger partial charge in [0.2, 0.25) is 0 Å². The minimum atomic E-state index is 0.891. The molecule has 0 unspecified atom stereocenters. The number of aliphatic imine (C=N–C) groups is 1. The average molecular weight is 217 g/mol. The summed E-state index contributed by atoms with van der Waals surface area (Å²) in [6.07, 6.45) is 0. The van der Waals surface area contributed by atoms with E-state index < -0.39 is 0 Å². The number of benzene rings is 1. The van der Waals surface area contributed by atoms with E-state index in [-0.39, 0.29) is 0 Å². The molecule has 1 aliphatic rings. The van der Waals surface area contributed by atoms with Gasteiger partial charge in [0.1, 0.15) is 0 Å². The molecule has 15 heavy (non-hydrogen) atoms. The standard InChI is InChI=1S/C11H11N3S/c1-14-7-6-12-10(14)11-13-8-4-2-3-5-9(8)15-11/h2-5H,6-7H2,1H3.